The Morgan fingerprint density at radius 3 is 3.00 bits per heavy atom. The number of rotatable bonds is 4. The largest absolute Gasteiger partial charge is 0.355 e. The minimum Gasteiger partial charge on any atom is -0.355 e. The molecule has 5 nitrogen and oxygen atoms in total. The third-order valence-electron chi connectivity index (χ3n) is 3.80. The van der Waals surface area contributed by atoms with Crippen LogP contribution < -0.4 is 10.6 Å². The molecule has 0 bridgehead atoms. The van der Waals surface area contributed by atoms with Crippen molar-refractivity contribution in [3.63, 3.8) is 0 Å². The maximum atomic E-state index is 12.3. The van der Waals surface area contributed by atoms with Crippen molar-refractivity contribution in [3.8, 4) is 11.3 Å². The Kier molecular flexibility index (Phi) is 4.31. The zero-order chi connectivity index (χ0) is 14.5. The first-order valence-corrected chi connectivity index (χ1v) is 7.33. The van der Waals surface area contributed by atoms with Crippen LogP contribution in [0, 0.1) is 5.92 Å². The lowest BCUT2D eigenvalue weighted by molar-refractivity contribution is 0.0945. The van der Waals surface area contributed by atoms with Crippen LogP contribution in [0.1, 0.15) is 23.2 Å². The van der Waals surface area contributed by atoms with E-state index in [-0.39, 0.29) is 5.91 Å². The molecular formula is C16H19N3O2. The lowest BCUT2D eigenvalue weighted by Crippen LogP contribution is -2.38. The van der Waals surface area contributed by atoms with Crippen LogP contribution >= 0.6 is 0 Å². The van der Waals surface area contributed by atoms with Gasteiger partial charge >= 0.3 is 0 Å². The summed E-state index contributed by atoms with van der Waals surface area (Å²) >= 11 is 0. The molecule has 2 N–H and O–H groups in total. The molecule has 3 rings (SSSR count). The molecule has 1 amide bonds. The van der Waals surface area contributed by atoms with Crippen LogP contribution in [-0.2, 0) is 0 Å². The summed E-state index contributed by atoms with van der Waals surface area (Å²) in [4.78, 5) is 12.3. The molecule has 0 radical (unpaired) electrons. The van der Waals surface area contributed by atoms with E-state index < -0.39 is 0 Å². The van der Waals surface area contributed by atoms with Gasteiger partial charge in [0.15, 0.2) is 5.76 Å². The lowest BCUT2D eigenvalue weighted by atomic mass is 9.99. The van der Waals surface area contributed by atoms with Gasteiger partial charge in [0.2, 0.25) is 0 Å². The zero-order valence-electron chi connectivity index (χ0n) is 11.8. The molecule has 21 heavy (non-hydrogen) atoms. The van der Waals surface area contributed by atoms with E-state index in [9.17, 15) is 4.79 Å². The van der Waals surface area contributed by atoms with Gasteiger partial charge in [-0.3, -0.25) is 4.79 Å². The molecule has 0 saturated carbocycles. The minimum atomic E-state index is -0.124. The Balaban J connectivity index is 1.66. The molecule has 5 heteroatoms. The fourth-order valence-electron chi connectivity index (χ4n) is 2.63. The molecule has 1 aliphatic heterocycles. The van der Waals surface area contributed by atoms with E-state index in [0.717, 1.165) is 25.1 Å². The second-order valence-electron chi connectivity index (χ2n) is 5.36. The highest BCUT2D eigenvalue weighted by atomic mass is 16.5. The average molecular weight is 285 g/mol. The summed E-state index contributed by atoms with van der Waals surface area (Å²) < 4.78 is 5.24. The molecule has 110 valence electrons. The highest BCUT2D eigenvalue weighted by Crippen LogP contribution is 2.23. The first-order valence-electron chi connectivity index (χ1n) is 7.33. The molecule has 2 aromatic rings. The van der Waals surface area contributed by atoms with E-state index in [1.54, 1.807) is 0 Å². The molecular weight excluding hydrogens is 266 g/mol. The first-order chi connectivity index (χ1) is 10.3. The van der Waals surface area contributed by atoms with Crippen molar-refractivity contribution >= 4 is 5.91 Å². The van der Waals surface area contributed by atoms with Crippen molar-refractivity contribution < 1.29 is 9.32 Å². The van der Waals surface area contributed by atoms with Gasteiger partial charge in [-0.15, -0.1) is 0 Å². The predicted molar refractivity (Wildman–Crippen MR) is 79.9 cm³/mol. The molecule has 0 unspecified atom stereocenters. The van der Waals surface area contributed by atoms with Crippen molar-refractivity contribution in [1.29, 1.82) is 0 Å². The van der Waals surface area contributed by atoms with Crippen LogP contribution in [0.5, 0.6) is 0 Å². The summed E-state index contributed by atoms with van der Waals surface area (Å²) in [6.07, 6.45) is 3.81. The van der Waals surface area contributed by atoms with Crippen molar-refractivity contribution in [2.75, 3.05) is 19.6 Å². The summed E-state index contributed by atoms with van der Waals surface area (Å²) in [5, 5.41) is 10.1. The highest BCUT2D eigenvalue weighted by Gasteiger charge is 2.19. The van der Waals surface area contributed by atoms with E-state index in [0.29, 0.717) is 23.8 Å². The average Bonchev–Trinajstić information content (AvgIpc) is 3.04. The van der Waals surface area contributed by atoms with Crippen molar-refractivity contribution in [1.82, 2.24) is 15.8 Å². The van der Waals surface area contributed by atoms with Crippen molar-refractivity contribution in [3.05, 3.63) is 42.1 Å². The second kappa shape index (κ2) is 6.54. The zero-order valence-corrected chi connectivity index (χ0v) is 11.8. The van der Waals surface area contributed by atoms with Gasteiger partial charge in [0, 0.05) is 12.1 Å². The number of carbonyl (C=O) groups is 1. The molecule has 1 fully saturated rings. The SMILES string of the molecule is O=C(NC[C@@H]1CCCNC1)c1cnoc1-c1ccccc1. The van der Waals surface area contributed by atoms with E-state index in [1.165, 1.54) is 12.6 Å². The summed E-state index contributed by atoms with van der Waals surface area (Å²) in [6.45, 7) is 2.73. The van der Waals surface area contributed by atoms with Crippen LogP contribution in [-0.4, -0.2) is 30.7 Å². The van der Waals surface area contributed by atoms with Gasteiger partial charge in [-0.1, -0.05) is 35.5 Å². The summed E-state index contributed by atoms with van der Waals surface area (Å²) in [5.74, 6) is 0.901. The summed E-state index contributed by atoms with van der Waals surface area (Å²) in [7, 11) is 0. The lowest BCUT2D eigenvalue weighted by Gasteiger charge is -2.22. The summed E-state index contributed by atoms with van der Waals surface area (Å²) in [5.41, 5.74) is 1.35. The van der Waals surface area contributed by atoms with Crippen LogP contribution in [0.25, 0.3) is 11.3 Å². The maximum Gasteiger partial charge on any atom is 0.256 e. The number of carbonyl (C=O) groups excluding carboxylic acids is 1. The van der Waals surface area contributed by atoms with Crippen LogP contribution in [0.15, 0.2) is 41.1 Å². The smallest absolute Gasteiger partial charge is 0.256 e. The van der Waals surface area contributed by atoms with Gasteiger partial charge in [-0.05, 0) is 31.8 Å². The third kappa shape index (κ3) is 3.31. The van der Waals surface area contributed by atoms with Gasteiger partial charge in [0.05, 0.1) is 6.20 Å². The number of benzene rings is 1. The monoisotopic (exact) mass is 285 g/mol. The van der Waals surface area contributed by atoms with Gasteiger partial charge in [0.1, 0.15) is 5.56 Å². The molecule has 1 saturated heterocycles. The fraction of sp³-hybridized carbons (Fsp3) is 0.375. The van der Waals surface area contributed by atoms with Crippen molar-refractivity contribution in [2.45, 2.75) is 12.8 Å². The van der Waals surface area contributed by atoms with E-state index in [1.807, 2.05) is 30.3 Å². The van der Waals surface area contributed by atoms with E-state index in [4.69, 9.17) is 4.52 Å². The van der Waals surface area contributed by atoms with Crippen molar-refractivity contribution in [2.24, 2.45) is 5.92 Å². The molecule has 2 heterocycles. The summed E-state index contributed by atoms with van der Waals surface area (Å²) in [6, 6.07) is 9.56. The number of amides is 1. The number of hydrogen-bond acceptors (Lipinski definition) is 4. The Morgan fingerprint density at radius 2 is 2.24 bits per heavy atom. The van der Waals surface area contributed by atoms with Crippen LogP contribution in [0.3, 0.4) is 0 Å². The molecule has 1 aromatic heterocycles. The normalized spacial score (nSPS) is 18.4. The number of hydrogen-bond donors (Lipinski definition) is 2. The number of nitrogens with one attached hydrogen (secondary N) is 2. The standard InChI is InChI=1S/C16H19N3O2/c20-16(18-10-12-5-4-8-17-9-12)14-11-19-21-15(14)13-6-2-1-3-7-13/h1-3,6-7,11-12,17H,4-5,8-10H2,(H,18,20)/t12-/m1/s1. The van der Waals surface area contributed by atoms with E-state index in [2.05, 4.69) is 15.8 Å². The first kappa shape index (κ1) is 13.8. The van der Waals surface area contributed by atoms with E-state index >= 15 is 0 Å². The highest BCUT2D eigenvalue weighted by molar-refractivity contribution is 5.99. The maximum absolute atomic E-state index is 12.3. The number of piperidine rings is 1. The van der Waals surface area contributed by atoms with Gasteiger partial charge in [0.25, 0.3) is 5.91 Å². The Labute approximate surface area is 123 Å². The molecule has 1 aliphatic rings. The second-order valence-corrected chi connectivity index (χ2v) is 5.36. The number of nitrogens with zero attached hydrogens (tertiary/aromatic N) is 1. The topological polar surface area (TPSA) is 67.2 Å². The van der Waals surface area contributed by atoms with Gasteiger partial charge < -0.3 is 15.2 Å². The minimum absolute atomic E-state index is 0.124. The van der Waals surface area contributed by atoms with Gasteiger partial charge in [-0.2, -0.15) is 0 Å². The molecule has 0 spiro atoms. The molecule has 1 atom stereocenters. The quantitative estimate of drug-likeness (QED) is 0.902. The Morgan fingerprint density at radius 1 is 1.38 bits per heavy atom. The Hall–Kier alpha value is -2.14. The fourth-order valence-corrected chi connectivity index (χ4v) is 2.63. The van der Waals surface area contributed by atoms with Crippen LogP contribution in [0.2, 0.25) is 0 Å². The van der Waals surface area contributed by atoms with Crippen LogP contribution in [0.4, 0.5) is 0 Å². The number of aromatic nitrogens is 1. The molecule has 1 aromatic carbocycles. The molecule has 0 aliphatic carbocycles. The third-order valence-corrected chi connectivity index (χ3v) is 3.80. The predicted octanol–water partition coefficient (Wildman–Crippen LogP) is 2.07. The Bertz CT molecular complexity index is 589. The van der Waals surface area contributed by atoms with Gasteiger partial charge in [-0.25, -0.2) is 0 Å².